The molecule has 1 aliphatic rings. The van der Waals surface area contributed by atoms with E-state index in [1.165, 1.54) is 12.8 Å². The summed E-state index contributed by atoms with van der Waals surface area (Å²) >= 11 is 9.15. The molecule has 1 aromatic rings. The van der Waals surface area contributed by atoms with Crippen LogP contribution in [-0.2, 0) is 0 Å². The molecule has 1 heterocycles. The summed E-state index contributed by atoms with van der Waals surface area (Å²) < 4.78 is 0.844. The highest BCUT2D eigenvalue weighted by atomic mass is 79.9. The SMILES string of the molecule is CCN(CCNc1nc(Cl)ncc1Br)C1CC1. The summed E-state index contributed by atoms with van der Waals surface area (Å²) in [5.74, 6) is 0.761. The summed E-state index contributed by atoms with van der Waals surface area (Å²) in [5.41, 5.74) is 0. The van der Waals surface area contributed by atoms with Crippen molar-refractivity contribution in [2.24, 2.45) is 0 Å². The Hall–Kier alpha value is -0.390. The molecule has 2 rings (SSSR count). The summed E-state index contributed by atoms with van der Waals surface area (Å²) in [7, 11) is 0. The molecule has 0 saturated heterocycles. The van der Waals surface area contributed by atoms with Gasteiger partial charge in [-0.25, -0.2) is 4.98 Å². The van der Waals surface area contributed by atoms with Crippen molar-refractivity contribution in [1.29, 1.82) is 0 Å². The van der Waals surface area contributed by atoms with Gasteiger partial charge in [-0.05, 0) is 46.9 Å². The van der Waals surface area contributed by atoms with Crippen molar-refractivity contribution in [3.05, 3.63) is 16.0 Å². The molecule has 17 heavy (non-hydrogen) atoms. The van der Waals surface area contributed by atoms with Crippen LogP contribution in [0.25, 0.3) is 0 Å². The molecule has 1 saturated carbocycles. The summed E-state index contributed by atoms with van der Waals surface area (Å²) in [4.78, 5) is 10.5. The number of hydrogen-bond acceptors (Lipinski definition) is 4. The summed E-state index contributed by atoms with van der Waals surface area (Å²) in [6, 6.07) is 0.805. The van der Waals surface area contributed by atoms with Crippen LogP contribution in [0.3, 0.4) is 0 Å². The van der Waals surface area contributed by atoms with E-state index < -0.39 is 0 Å². The predicted molar refractivity (Wildman–Crippen MR) is 73.5 cm³/mol. The lowest BCUT2D eigenvalue weighted by Crippen LogP contribution is -2.31. The zero-order valence-electron chi connectivity index (χ0n) is 9.79. The monoisotopic (exact) mass is 318 g/mol. The van der Waals surface area contributed by atoms with Crippen LogP contribution >= 0.6 is 27.5 Å². The summed E-state index contributed by atoms with van der Waals surface area (Å²) in [5, 5.41) is 3.55. The van der Waals surface area contributed by atoms with Crippen molar-refractivity contribution in [2.45, 2.75) is 25.8 Å². The van der Waals surface area contributed by atoms with E-state index in [-0.39, 0.29) is 5.28 Å². The van der Waals surface area contributed by atoms with Gasteiger partial charge in [-0.2, -0.15) is 4.98 Å². The fourth-order valence-corrected chi connectivity index (χ4v) is 2.29. The Morgan fingerprint density at radius 2 is 2.35 bits per heavy atom. The molecule has 1 fully saturated rings. The first-order valence-corrected chi connectivity index (χ1v) is 7.03. The second kappa shape index (κ2) is 5.98. The molecule has 6 heteroatoms. The van der Waals surface area contributed by atoms with Gasteiger partial charge in [0.2, 0.25) is 5.28 Å². The molecule has 0 aromatic carbocycles. The first-order chi connectivity index (χ1) is 8.20. The van der Waals surface area contributed by atoms with E-state index >= 15 is 0 Å². The minimum absolute atomic E-state index is 0.269. The van der Waals surface area contributed by atoms with Crippen molar-refractivity contribution < 1.29 is 0 Å². The Balaban J connectivity index is 1.82. The number of aromatic nitrogens is 2. The molecule has 0 radical (unpaired) electrons. The molecule has 0 atom stereocenters. The molecule has 1 aliphatic carbocycles. The Morgan fingerprint density at radius 3 is 3.00 bits per heavy atom. The average molecular weight is 320 g/mol. The van der Waals surface area contributed by atoms with Crippen LogP contribution in [-0.4, -0.2) is 40.5 Å². The fourth-order valence-electron chi connectivity index (χ4n) is 1.83. The van der Waals surface area contributed by atoms with Crippen LogP contribution in [0.15, 0.2) is 10.7 Å². The smallest absolute Gasteiger partial charge is 0.224 e. The van der Waals surface area contributed by atoms with Gasteiger partial charge in [-0.15, -0.1) is 0 Å². The molecule has 0 unspecified atom stereocenters. The highest BCUT2D eigenvalue weighted by molar-refractivity contribution is 9.10. The Kier molecular flexibility index (Phi) is 4.59. The van der Waals surface area contributed by atoms with Crippen LogP contribution in [0.5, 0.6) is 0 Å². The maximum atomic E-state index is 5.75. The van der Waals surface area contributed by atoms with E-state index in [0.717, 1.165) is 36.0 Å². The first kappa shape index (κ1) is 13.1. The van der Waals surface area contributed by atoms with Gasteiger partial charge in [-0.3, -0.25) is 4.90 Å². The number of anilines is 1. The second-order valence-electron chi connectivity index (χ2n) is 4.12. The van der Waals surface area contributed by atoms with Gasteiger partial charge >= 0.3 is 0 Å². The quantitative estimate of drug-likeness (QED) is 0.819. The van der Waals surface area contributed by atoms with Crippen molar-refractivity contribution in [1.82, 2.24) is 14.9 Å². The predicted octanol–water partition coefficient (Wildman–Crippen LogP) is 2.79. The van der Waals surface area contributed by atoms with Gasteiger partial charge < -0.3 is 5.32 Å². The van der Waals surface area contributed by atoms with Gasteiger partial charge in [-0.1, -0.05) is 6.92 Å². The Labute approximate surface area is 115 Å². The van der Waals surface area contributed by atoms with Gasteiger partial charge in [0.15, 0.2) is 0 Å². The lowest BCUT2D eigenvalue weighted by Gasteiger charge is -2.20. The number of rotatable bonds is 6. The third-order valence-electron chi connectivity index (χ3n) is 2.88. The summed E-state index contributed by atoms with van der Waals surface area (Å²) in [6.45, 7) is 5.22. The second-order valence-corrected chi connectivity index (χ2v) is 5.31. The van der Waals surface area contributed by atoms with Crippen molar-refractivity contribution in [2.75, 3.05) is 25.0 Å². The molecule has 0 amide bonds. The summed E-state index contributed by atoms with van der Waals surface area (Å²) in [6.07, 6.45) is 4.35. The Bertz CT molecular complexity index is 384. The third kappa shape index (κ3) is 3.79. The van der Waals surface area contributed by atoms with Crippen LogP contribution in [0, 0.1) is 0 Å². The highest BCUT2D eigenvalue weighted by Crippen LogP contribution is 2.26. The van der Waals surface area contributed by atoms with E-state index in [9.17, 15) is 0 Å². The lowest BCUT2D eigenvalue weighted by molar-refractivity contribution is 0.289. The molecule has 1 N–H and O–H groups in total. The highest BCUT2D eigenvalue weighted by Gasteiger charge is 2.27. The number of halogens is 2. The topological polar surface area (TPSA) is 41.0 Å². The van der Waals surface area contributed by atoms with Crippen LogP contribution < -0.4 is 5.32 Å². The maximum Gasteiger partial charge on any atom is 0.224 e. The van der Waals surface area contributed by atoms with Crippen LogP contribution in [0.2, 0.25) is 5.28 Å². The molecular weight excluding hydrogens is 304 g/mol. The molecule has 4 nitrogen and oxygen atoms in total. The number of nitrogens with zero attached hydrogens (tertiary/aromatic N) is 3. The van der Waals surface area contributed by atoms with E-state index in [4.69, 9.17) is 11.6 Å². The number of nitrogens with one attached hydrogen (secondary N) is 1. The fraction of sp³-hybridized carbons (Fsp3) is 0.636. The van der Waals surface area contributed by atoms with Crippen molar-refractivity contribution in [3.63, 3.8) is 0 Å². The number of hydrogen-bond donors (Lipinski definition) is 1. The molecular formula is C11H16BrClN4. The molecule has 94 valence electrons. The van der Waals surface area contributed by atoms with Gasteiger partial charge in [0.1, 0.15) is 5.82 Å². The van der Waals surface area contributed by atoms with Gasteiger partial charge in [0, 0.05) is 25.3 Å². The normalized spacial score (nSPS) is 15.3. The van der Waals surface area contributed by atoms with Crippen molar-refractivity contribution in [3.8, 4) is 0 Å². The average Bonchev–Trinajstić information content (AvgIpc) is 3.13. The minimum atomic E-state index is 0.269. The third-order valence-corrected chi connectivity index (χ3v) is 3.64. The van der Waals surface area contributed by atoms with Crippen molar-refractivity contribution >= 4 is 33.3 Å². The zero-order chi connectivity index (χ0) is 12.3. The molecule has 0 spiro atoms. The van der Waals surface area contributed by atoms with Gasteiger partial charge in [0.25, 0.3) is 0 Å². The molecule has 1 aromatic heterocycles. The van der Waals surface area contributed by atoms with E-state index in [1.807, 2.05) is 0 Å². The Morgan fingerprint density at radius 1 is 1.59 bits per heavy atom. The van der Waals surface area contributed by atoms with Crippen LogP contribution in [0.1, 0.15) is 19.8 Å². The molecule has 0 aliphatic heterocycles. The zero-order valence-corrected chi connectivity index (χ0v) is 12.1. The first-order valence-electron chi connectivity index (χ1n) is 5.86. The largest absolute Gasteiger partial charge is 0.368 e. The minimum Gasteiger partial charge on any atom is -0.368 e. The van der Waals surface area contributed by atoms with Crippen LogP contribution in [0.4, 0.5) is 5.82 Å². The van der Waals surface area contributed by atoms with Gasteiger partial charge in [0.05, 0.1) is 4.47 Å². The number of likely N-dealkylation sites (N-methyl/N-ethyl adjacent to an activating group) is 1. The maximum absolute atomic E-state index is 5.75. The standard InChI is InChI=1S/C11H16BrClN4/c1-2-17(8-3-4-8)6-5-14-10-9(12)7-15-11(13)16-10/h7-8H,2-6H2,1H3,(H,14,15,16). The van der Waals surface area contributed by atoms with E-state index in [1.54, 1.807) is 6.20 Å². The molecule has 0 bridgehead atoms. The van der Waals surface area contributed by atoms with E-state index in [2.05, 4.69) is 43.0 Å². The van der Waals surface area contributed by atoms with E-state index in [0.29, 0.717) is 0 Å². The lowest BCUT2D eigenvalue weighted by atomic mass is 10.4.